The lowest BCUT2D eigenvalue weighted by Crippen LogP contribution is -2.14. The maximum absolute atomic E-state index is 13.4. The van der Waals surface area contributed by atoms with Gasteiger partial charge in [-0.05, 0) is 62.2 Å². The van der Waals surface area contributed by atoms with Crippen molar-refractivity contribution >= 4 is 11.6 Å². The van der Waals surface area contributed by atoms with Crippen molar-refractivity contribution in [1.82, 2.24) is 15.0 Å². The number of amides is 1. The summed E-state index contributed by atoms with van der Waals surface area (Å²) in [5.74, 6) is -0.720. The first-order valence-corrected chi connectivity index (χ1v) is 7.52. The highest BCUT2D eigenvalue weighted by molar-refractivity contribution is 6.03. The summed E-state index contributed by atoms with van der Waals surface area (Å²) in [6.45, 7) is 5.71. The Morgan fingerprint density at radius 1 is 1.08 bits per heavy atom. The van der Waals surface area contributed by atoms with Gasteiger partial charge in [-0.2, -0.15) is 0 Å². The van der Waals surface area contributed by atoms with Gasteiger partial charge in [-0.3, -0.25) is 4.79 Å². The van der Waals surface area contributed by atoms with E-state index >= 15 is 0 Å². The first-order valence-electron chi connectivity index (χ1n) is 7.52. The zero-order valence-electron chi connectivity index (χ0n) is 13.7. The van der Waals surface area contributed by atoms with Gasteiger partial charge in [0.05, 0.1) is 11.4 Å². The molecule has 1 amide bonds. The van der Waals surface area contributed by atoms with Crippen LogP contribution < -0.4 is 5.32 Å². The highest BCUT2D eigenvalue weighted by Gasteiger charge is 2.17. The van der Waals surface area contributed by atoms with Crippen molar-refractivity contribution in [2.24, 2.45) is 0 Å². The molecule has 0 aliphatic carbocycles. The molecule has 0 aliphatic rings. The first-order chi connectivity index (χ1) is 11.5. The number of aryl methyl sites for hydroxylation is 2. The van der Waals surface area contributed by atoms with E-state index in [0.29, 0.717) is 17.1 Å². The fourth-order valence-electron chi connectivity index (χ4n) is 2.40. The van der Waals surface area contributed by atoms with Gasteiger partial charge in [0.25, 0.3) is 5.91 Å². The molecular weight excluding hydrogens is 307 g/mol. The second-order valence-corrected chi connectivity index (χ2v) is 5.67. The minimum Gasteiger partial charge on any atom is -0.321 e. The normalized spacial score (nSPS) is 10.7. The van der Waals surface area contributed by atoms with Crippen molar-refractivity contribution in [3.63, 3.8) is 0 Å². The van der Waals surface area contributed by atoms with Crippen LogP contribution in [0.2, 0.25) is 0 Å². The van der Waals surface area contributed by atoms with E-state index in [-0.39, 0.29) is 17.4 Å². The molecule has 3 aromatic rings. The third kappa shape index (κ3) is 3.03. The van der Waals surface area contributed by atoms with Crippen molar-refractivity contribution < 1.29 is 9.18 Å². The van der Waals surface area contributed by atoms with E-state index < -0.39 is 0 Å². The highest BCUT2D eigenvalue weighted by Crippen LogP contribution is 2.17. The van der Waals surface area contributed by atoms with Crippen LogP contribution in [0.4, 0.5) is 10.1 Å². The number of nitrogens with zero attached hydrogens (tertiary/aromatic N) is 3. The number of anilines is 1. The van der Waals surface area contributed by atoms with E-state index in [0.717, 1.165) is 11.1 Å². The molecule has 6 heteroatoms. The first kappa shape index (κ1) is 15.9. The van der Waals surface area contributed by atoms with Crippen molar-refractivity contribution in [3.05, 3.63) is 70.8 Å². The van der Waals surface area contributed by atoms with Crippen molar-refractivity contribution in [2.75, 3.05) is 5.32 Å². The number of nitrogens with one attached hydrogen (secondary N) is 1. The molecule has 1 N–H and O–H groups in total. The molecule has 0 atom stereocenters. The van der Waals surface area contributed by atoms with Crippen LogP contribution in [0, 0.1) is 26.6 Å². The number of aromatic nitrogens is 3. The van der Waals surface area contributed by atoms with E-state index in [4.69, 9.17) is 0 Å². The molecular formula is C18H17FN4O. The van der Waals surface area contributed by atoms with E-state index in [2.05, 4.69) is 15.6 Å². The second kappa shape index (κ2) is 6.23. The van der Waals surface area contributed by atoms with Gasteiger partial charge in [-0.15, -0.1) is 5.10 Å². The lowest BCUT2D eigenvalue weighted by Gasteiger charge is -2.07. The van der Waals surface area contributed by atoms with E-state index in [9.17, 15) is 9.18 Å². The molecule has 0 radical (unpaired) electrons. The Bertz CT molecular complexity index is 917. The van der Waals surface area contributed by atoms with Crippen LogP contribution >= 0.6 is 0 Å². The molecule has 3 rings (SSSR count). The second-order valence-electron chi connectivity index (χ2n) is 5.67. The van der Waals surface area contributed by atoms with Crippen LogP contribution in [-0.4, -0.2) is 20.9 Å². The third-order valence-corrected chi connectivity index (χ3v) is 3.93. The van der Waals surface area contributed by atoms with Gasteiger partial charge in [-0.1, -0.05) is 17.3 Å². The molecule has 1 heterocycles. The predicted molar refractivity (Wildman–Crippen MR) is 89.9 cm³/mol. The van der Waals surface area contributed by atoms with Crippen LogP contribution in [0.5, 0.6) is 0 Å². The maximum Gasteiger partial charge on any atom is 0.278 e. The number of hydrogen-bond acceptors (Lipinski definition) is 3. The van der Waals surface area contributed by atoms with Gasteiger partial charge in [0, 0.05) is 5.69 Å². The summed E-state index contributed by atoms with van der Waals surface area (Å²) < 4.78 is 14.8. The van der Waals surface area contributed by atoms with Crippen molar-refractivity contribution in [1.29, 1.82) is 0 Å². The van der Waals surface area contributed by atoms with Gasteiger partial charge in [0.2, 0.25) is 0 Å². The fourth-order valence-corrected chi connectivity index (χ4v) is 2.40. The Morgan fingerprint density at radius 3 is 2.58 bits per heavy atom. The molecule has 0 unspecified atom stereocenters. The molecule has 0 saturated carbocycles. The van der Waals surface area contributed by atoms with Gasteiger partial charge in [-0.25, -0.2) is 9.07 Å². The number of benzene rings is 2. The van der Waals surface area contributed by atoms with Crippen molar-refractivity contribution in [3.8, 4) is 5.69 Å². The maximum atomic E-state index is 13.4. The molecule has 24 heavy (non-hydrogen) atoms. The number of rotatable bonds is 3. The van der Waals surface area contributed by atoms with Gasteiger partial charge < -0.3 is 5.32 Å². The lowest BCUT2D eigenvalue weighted by molar-refractivity contribution is 0.102. The summed E-state index contributed by atoms with van der Waals surface area (Å²) in [5, 5.41) is 10.7. The van der Waals surface area contributed by atoms with Crippen LogP contribution in [-0.2, 0) is 0 Å². The molecule has 0 fully saturated rings. The predicted octanol–water partition coefficient (Wildman–Crippen LogP) is 3.58. The molecule has 5 nitrogen and oxygen atoms in total. The average molecular weight is 324 g/mol. The van der Waals surface area contributed by atoms with Gasteiger partial charge in [0.1, 0.15) is 5.82 Å². The third-order valence-electron chi connectivity index (χ3n) is 3.93. The van der Waals surface area contributed by atoms with Crippen LogP contribution in [0.1, 0.15) is 27.3 Å². The van der Waals surface area contributed by atoms with E-state index in [1.165, 1.54) is 16.8 Å². The molecule has 0 saturated heterocycles. The summed E-state index contributed by atoms with van der Waals surface area (Å²) in [6.07, 6.45) is 0. The van der Waals surface area contributed by atoms with E-state index in [1.807, 2.05) is 32.0 Å². The molecule has 122 valence electrons. The topological polar surface area (TPSA) is 59.8 Å². The zero-order chi connectivity index (χ0) is 17.3. The smallest absolute Gasteiger partial charge is 0.278 e. The zero-order valence-corrected chi connectivity index (χ0v) is 13.7. The van der Waals surface area contributed by atoms with Crippen LogP contribution in [0.3, 0.4) is 0 Å². The quantitative estimate of drug-likeness (QED) is 0.801. The number of halogens is 1. The Morgan fingerprint density at radius 2 is 1.88 bits per heavy atom. The highest BCUT2D eigenvalue weighted by atomic mass is 19.1. The van der Waals surface area contributed by atoms with Crippen LogP contribution in [0.25, 0.3) is 5.69 Å². The summed E-state index contributed by atoms with van der Waals surface area (Å²) in [4.78, 5) is 12.4. The molecule has 0 bridgehead atoms. The van der Waals surface area contributed by atoms with Gasteiger partial charge >= 0.3 is 0 Å². The van der Waals surface area contributed by atoms with E-state index in [1.54, 1.807) is 19.1 Å². The number of hydrogen-bond donors (Lipinski definition) is 1. The average Bonchev–Trinajstić information content (AvgIpc) is 2.93. The fraction of sp³-hybridized carbons (Fsp3) is 0.167. The summed E-state index contributed by atoms with van der Waals surface area (Å²) >= 11 is 0. The number of carbonyl (C=O) groups is 1. The summed E-state index contributed by atoms with van der Waals surface area (Å²) in [6, 6.07) is 11.7. The molecule has 0 aliphatic heterocycles. The Hall–Kier alpha value is -3.02. The lowest BCUT2D eigenvalue weighted by atomic mass is 10.1. The summed E-state index contributed by atoms with van der Waals surface area (Å²) in [7, 11) is 0. The Kier molecular flexibility index (Phi) is 4.12. The Labute approximate surface area is 139 Å². The summed E-state index contributed by atoms with van der Waals surface area (Å²) in [5.41, 5.74) is 4.21. The molecule has 2 aromatic carbocycles. The molecule has 1 aromatic heterocycles. The molecule has 0 spiro atoms. The van der Waals surface area contributed by atoms with Crippen LogP contribution in [0.15, 0.2) is 42.5 Å². The number of carbonyl (C=O) groups excluding carboxylic acids is 1. The minimum absolute atomic E-state index is 0.206. The largest absolute Gasteiger partial charge is 0.321 e. The van der Waals surface area contributed by atoms with Crippen molar-refractivity contribution in [2.45, 2.75) is 20.8 Å². The standard InChI is InChI=1S/C18H17FN4O/c1-11-7-8-15(9-12(11)2)20-18(24)17-13(3)23(22-21-17)16-6-4-5-14(19)10-16/h4-10H,1-3H3,(H,20,24). The minimum atomic E-state index is -0.372. The van der Waals surface area contributed by atoms with Gasteiger partial charge in [0.15, 0.2) is 5.69 Å². The SMILES string of the molecule is Cc1ccc(NC(=O)c2nnn(-c3cccc(F)c3)c2C)cc1C. The Balaban J connectivity index is 1.87. The monoisotopic (exact) mass is 324 g/mol.